The summed E-state index contributed by atoms with van der Waals surface area (Å²) in [6, 6.07) is 1.61. The van der Waals surface area contributed by atoms with E-state index >= 15 is 0 Å². The molecule has 0 aliphatic heterocycles. The van der Waals surface area contributed by atoms with Crippen LogP contribution in [0.5, 0.6) is 0 Å². The predicted molar refractivity (Wildman–Crippen MR) is 58.2 cm³/mol. The summed E-state index contributed by atoms with van der Waals surface area (Å²) in [5.41, 5.74) is 0.336. The summed E-state index contributed by atoms with van der Waals surface area (Å²) in [5.74, 6) is -0.881. The van der Waals surface area contributed by atoms with Crippen LogP contribution >= 0.6 is 0 Å². The van der Waals surface area contributed by atoms with Gasteiger partial charge in [-0.1, -0.05) is 0 Å². The molecule has 1 N–H and O–H groups in total. The lowest BCUT2D eigenvalue weighted by molar-refractivity contribution is 0.0697. The molecule has 2 rings (SSSR count). The monoisotopic (exact) mass is 219 g/mol. The lowest BCUT2D eigenvalue weighted by Gasteiger charge is -2.03. The zero-order valence-corrected chi connectivity index (χ0v) is 8.78. The van der Waals surface area contributed by atoms with Crippen LogP contribution in [0.3, 0.4) is 0 Å². The molecular weight excluding hydrogens is 206 g/mol. The molecule has 0 bridgehead atoms. The molecule has 2 aromatic rings. The molecule has 84 valence electrons. The van der Waals surface area contributed by atoms with E-state index in [2.05, 4.69) is 4.98 Å². The maximum atomic E-state index is 10.6. The van der Waals surface area contributed by atoms with Crippen molar-refractivity contribution in [2.75, 3.05) is 0 Å². The summed E-state index contributed by atoms with van der Waals surface area (Å²) in [6.07, 6.45) is 9.83. The molecule has 0 atom stereocenters. The average Bonchev–Trinajstić information content (AvgIpc) is 2.87. The summed E-state index contributed by atoms with van der Waals surface area (Å²) < 4.78 is 3.89. The maximum Gasteiger partial charge on any atom is 0.337 e. The van der Waals surface area contributed by atoms with Gasteiger partial charge in [-0.15, -0.1) is 0 Å². The molecule has 0 spiro atoms. The second-order valence-electron chi connectivity index (χ2n) is 3.60. The topological polar surface area (TPSA) is 60.0 Å². The Balaban J connectivity index is 1.83. The van der Waals surface area contributed by atoms with Crippen LogP contribution in [0.1, 0.15) is 16.8 Å². The molecule has 16 heavy (non-hydrogen) atoms. The molecular formula is C11H13N3O2. The van der Waals surface area contributed by atoms with E-state index in [4.69, 9.17) is 5.11 Å². The molecule has 0 unspecified atom stereocenters. The van der Waals surface area contributed by atoms with Crippen molar-refractivity contribution in [1.29, 1.82) is 0 Å². The van der Waals surface area contributed by atoms with Crippen molar-refractivity contribution in [2.45, 2.75) is 19.5 Å². The Morgan fingerprint density at radius 1 is 1.31 bits per heavy atom. The lowest BCUT2D eigenvalue weighted by atomic mass is 10.3. The number of hydrogen-bond acceptors (Lipinski definition) is 2. The van der Waals surface area contributed by atoms with Gasteiger partial charge in [0.25, 0.3) is 0 Å². The van der Waals surface area contributed by atoms with Crippen molar-refractivity contribution in [1.82, 2.24) is 14.1 Å². The minimum Gasteiger partial charge on any atom is -0.478 e. The summed E-state index contributed by atoms with van der Waals surface area (Å²) in [7, 11) is 0. The second kappa shape index (κ2) is 4.65. The SMILES string of the molecule is O=C(O)c1ccn(CCCn2ccnc2)c1. The van der Waals surface area contributed by atoms with E-state index in [0.717, 1.165) is 19.5 Å². The minimum absolute atomic E-state index is 0.336. The second-order valence-corrected chi connectivity index (χ2v) is 3.60. The largest absolute Gasteiger partial charge is 0.478 e. The van der Waals surface area contributed by atoms with Gasteiger partial charge in [-0.2, -0.15) is 0 Å². The number of imidazole rings is 1. The fourth-order valence-corrected chi connectivity index (χ4v) is 1.56. The summed E-state index contributed by atoms with van der Waals surface area (Å²) in [5, 5.41) is 8.75. The molecule has 0 aliphatic carbocycles. The van der Waals surface area contributed by atoms with Gasteiger partial charge in [-0.25, -0.2) is 9.78 Å². The van der Waals surface area contributed by atoms with E-state index in [1.54, 1.807) is 31.0 Å². The molecule has 0 fully saturated rings. The van der Waals surface area contributed by atoms with Crippen LogP contribution in [0.25, 0.3) is 0 Å². The Hall–Kier alpha value is -2.04. The van der Waals surface area contributed by atoms with Crippen LogP contribution in [0, 0.1) is 0 Å². The van der Waals surface area contributed by atoms with E-state index in [0.29, 0.717) is 5.56 Å². The minimum atomic E-state index is -0.881. The first-order valence-corrected chi connectivity index (χ1v) is 5.10. The molecule has 2 aromatic heterocycles. The van der Waals surface area contributed by atoms with Gasteiger partial charge in [0.1, 0.15) is 0 Å². The van der Waals surface area contributed by atoms with Crippen molar-refractivity contribution < 1.29 is 9.90 Å². The van der Waals surface area contributed by atoms with E-state index in [9.17, 15) is 4.79 Å². The number of nitrogens with zero attached hydrogens (tertiary/aromatic N) is 3. The zero-order valence-electron chi connectivity index (χ0n) is 8.78. The standard InChI is InChI=1S/C11H13N3O2/c15-11(16)10-2-6-13(8-10)4-1-5-14-7-3-12-9-14/h2-3,6-9H,1,4-5H2,(H,15,16). The highest BCUT2D eigenvalue weighted by Gasteiger charge is 2.03. The Morgan fingerprint density at radius 3 is 2.75 bits per heavy atom. The first-order chi connectivity index (χ1) is 7.75. The van der Waals surface area contributed by atoms with Gasteiger partial charge < -0.3 is 14.2 Å². The zero-order chi connectivity index (χ0) is 11.4. The van der Waals surface area contributed by atoms with Gasteiger partial charge in [0.15, 0.2) is 0 Å². The number of aromatic nitrogens is 3. The first kappa shape index (κ1) is 10.5. The van der Waals surface area contributed by atoms with E-state index in [1.807, 2.05) is 15.3 Å². The molecule has 5 heteroatoms. The van der Waals surface area contributed by atoms with Gasteiger partial charge in [-0.3, -0.25) is 0 Å². The number of rotatable bonds is 5. The Bertz CT molecular complexity index is 459. The number of hydrogen-bond donors (Lipinski definition) is 1. The molecule has 0 amide bonds. The fourth-order valence-electron chi connectivity index (χ4n) is 1.56. The van der Waals surface area contributed by atoms with Crippen LogP contribution in [0.15, 0.2) is 37.2 Å². The van der Waals surface area contributed by atoms with Crippen molar-refractivity contribution in [2.24, 2.45) is 0 Å². The van der Waals surface area contributed by atoms with Crippen LogP contribution < -0.4 is 0 Å². The van der Waals surface area contributed by atoms with E-state index in [1.165, 1.54) is 0 Å². The third kappa shape index (κ3) is 2.50. The molecule has 5 nitrogen and oxygen atoms in total. The molecule has 0 aromatic carbocycles. The van der Waals surface area contributed by atoms with Gasteiger partial charge >= 0.3 is 5.97 Å². The molecule has 0 aliphatic rings. The van der Waals surface area contributed by atoms with E-state index in [-0.39, 0.29) is 0 Å². The van der Waals surface area contributed by atoms with Crippen LogP contribution in [-0.2, 0) is 13.1 Å². The number of carboxylic acid groups (broad SMARTS) is 1. The number of carboxylic acids is 1. The smallest absolute Gasteiger partial charge is 0.337 e. The quantitative estimate of drug-likeness (QED) is 0.828. The molecule has 0 saturated heterocycles. The highest BCUT2D eigenvalue weighted by molar-refractivity contribution is 5.87. The predicted octanol–water partition coefficient (Wildman–Crippen LogP) is 1.47. The Kier molecular flexibility index (Phi) is 3.05. The van der Waals surface area contributed by atoms with Gasteiger partial charge in [0, 0.05) is 37.9 Å². The maximum absolute atomic E-state index is 10.6. The Morgan fingerprint density at radius 2 is 2.12 bits per heavy atom. The molecule has 2 heterocycles. The molecule has 0 saturated carbocycles. The highest BCUT2D eigenvalue weighted by Crippen LogP contribution is 2.03. The normalized spacial score (nSPS) is 10.5. The van der Waals surface area contributed by atoms with Crippen LogP contribution in [0.4, 0.5) is 0 Å². The summed E-state index contributed by atoms with van der Waals surface area (Å²) in [6.45, 7) is 1.70. The van der Waals surface area contributed by atoms with Crippen molar-refractivity contribution in [3.63, 3.8) is 0 Å². The average molecular weight is 219 g/mol. The van der Waals surface area contributed by atoms with Gasteiger partial charge in [0.2, 0.25) is 0 Å². The van der Waals surface area contributed by atoms with Crippen molar-refractivity contribution in [3.05, 3.63) is 42.7 Å². The first-order valence-electron chi connectivity index (χ1n) is 5.10. The van der Waals surface area contributed by atoms with Crippen LogP contribution in [0.2, 0.25) is 0 Å². The number of aryl methyl sites for hydroxylation is 2. The lowest BCUT2D eigenvalue weighted by Crippen LogP contribution is -2.01. The van der Waals surface area contributed by atoms with Gasteiger partial charge in [-0.05, 0) is 12.5 Å². The number of aromatic carboxylic acids is 1. The third-order valence-corrected chi connectivity index (χ3v) is 2.39. The third-order valence-electron chi connectivity index (χ3n) is 2.39. The van der Waals surface area contributed by atoms with Gasteiger partial charge in [0.05, 0.1) is 11.9 Å². The fraction of sp³-hybridized carbons (Fsp3) is 0.273. The highest BCUT2D eigenvalue weighted by atomic mass is 16.4. The summed E-state index contributed by atoms with van der Waals surface area (Å²) in [4.78, 5) is 14.6. The van der Waals surface area contributed by atoms with E-state index < -0.39 is 5.97 Å². The van der Waals surface area contributed by atoms with Crippen LogP contribution in [-0.4, -0.2) is 25.2 Å². The Labute approximate surface area is 93.0 Å². The summed E-state index contributed by atoms with van der Waals surface area (Å²) >= 11 is 0. The number of carbonyl (C=O) groups is 1. The van der Waals surface area contributed by atoms with Crippen molar-refractivity contribution >= 4 is 5.97 Å². The molecule has 0 radical (unpaired) electrons. The van der Waals surface area contributed by atoms with Crippen molar-refractivity contribution in [3.8, 4) is 0 Å².